The Hall–Kier alpha value is -11.7. The molecule has 0 spiro atoms. The molecule has 3 atom stereocenters. The summed E-state index contributed by atoms with van der Waals surface area (Å²) in [6.45, 7) is 0. The molecule has 3 unspecified atom stereocenters. The minimum atomic E-state index is 0.0563. The number of alkyl halides is 1. The molecule has 0 fully saturated rings. The molecule has 456 valence electrons. The Kier molecular flexibility index (Phi) is 12.3. The number of nitrogens with zero attached hydrogens (tertiary/aromatic N) is 1. The fraction of sp³-hybridized carbons (Fsp3) is 0.0417. The number of fused-ring (bicyclic) bond motifs is 12. The lowest BCUT2D eigenvalue weighted by atomic mass is 9.68. The molecule has 0 aliphatic heterocycles. The average molecular weight is 1310 g/mol. The highest BCUT2D eigenvalue weighted by molar-refractivity contribution is 9.09. The van der Waals surface area contributed by atoms with E-state index in [4.69, 9.17) is 0 Å². The first kappa shape index (κ1) is 55.6. The number of benzene rings is 15. The third-order valence-corrected chi connectivity index (χ3v) is 23.0. The van der Waals surface area contributed by atoms with Gasteiger partial charge in [-0.15, -0.1) is 0 Å². The zero-order valence-corrected chi connectivity index (χ0v) is 55.1. The van der Waals surface area contributed by atoms with Crippen LogP contribution in [0.25, 0.3) is 149 Å². The lowest BCUT2D eigenvalue weighted by Crippen LogP contribution is -2.35. The van der Waals surface area contributed by atoms with E-state index in [2.05, 4.69) is 355 Å². The maximum absolute atomic E-state index is 3.92. The summed E-state index contributed by atoms with van der Waals surface area (Å²) in [5.41, 5.74) is 36.2. The fourth-order valence-electron chi connectivity index (χ4n) is 18.4. The molecular formula is C96H60BrN. The topological polar surface area (TPSA) is 3.24 Å². The van der Waals surface area contributed by atoms with E-state index in [1.807, 2.05) is 0 Å². The predicted octanol–water partition coefficient (Wildman–Crippen LogP) is 26.0. The number of hydrogen-bond acceptors (Lipinski definition) is 1. The second-order valence-corrected chi connectivity index (χ2v) is 28.0. The monoisotopic (exact) mass is 1310 g/mol. The van der Waals surface area contributed by atoms with E-state index >= 15 is 0 Å². The highest BCUT2D eigenvalue weighted by Crippen LogP contribution is 2.64. The summed E-state index contributed by atoms with van der Waals surface area (Å²) in [5, 5.41) is 13.6. The summed E-state index contributed by atoms with van der Waals surface area (Å²) in [6.07, 6.45) is 20.1. The van der Waals surface area contributed by atoms with Gasteiger partial charge >= 0.3 is 0 Å². The number of hydrogen-bond donors (Lipinski definition) is 0. The van der Waals surface area contributed by atoms with Crippen molar-refractivity contribution < 1.29 is 0 Å². The van der Waals surface area contributed by atoms with Crippen LogP contribution in [0.3, 0.4) is 0 Å². The van der Waals surface area contributed by atoms with Crippen LogP contribution < -0.4 is 4.90 Å². The molecule has 22 rings (SSSR count). The molecule has 0 N–H and O–H groups in total. The second kappa shape index (κ2) is 21.7. The summed E-state index contributed by atoms with van der Waals surface area (Å²) in [4.78, 5) is 2.74. The van der Waals surface area contributed by atoms with E-state index in [1.54, 1.807) is 0 Å². The first-order valence-electron chi connectivity index (χ1n) is 34.4. The first-order chi connectivity index (χ1) is 48.6. The smallest absolute Gasteiger partial charge is 0.0782 e. The largest absolute Gasteiger partial charge is 0.330 e. The van der Waals surface area contributed by atoms with Crippen LogP contribution in [0, 0.1) is 0 Å². The van der Waals surface area contributed by atoms with E-state index in [1.165, 1.54) is 204 Å². The Morgan fingerprint density at radius 3 is 1.36 bits per heavy atom. The molecule has 0 amide bonds. The van der Waals surface area contributed by atoms with Gasteiger partial charge in [0.1, 0.15) is 0 Å². The molecule has 0 bridgehead atoms. The third-order valence-electron chi connectivity index (χ3n) is 22.2. The number of rotatable bonds is 7. The number of para-hydroxylation sites is 2. The fourth-order valence-corrected chi connectivity index (χ4v) is 18.9. The molecule has 7 aliphatic carbocycles. The van der Waals surface area contributed by atoms with Gasteiger partial charge in [-0.3, -0.25) is 0 Å². The summed E-state index contributed by atoms with van der Waals surface area (Å²) in [5.74, 6) is 0.164. The van der Waals surface area contributed by atoms with Crippen molar-refractivity contribution in [1.82, 2.24) is 0 Å². The number of anilines is 2. The van der Waals surface area contributed by atoms with E-state index in [0.29, 0.717) is 0 Å². The maximum atomic E-state index is 3.92. The predicted molar refractivity (Wildman–Crippen MR) is 418 cm³/mol. The average Bonchev–Trinajstić information content (AvgIpc) is 1.48. The summed E-state index contributed by atoms with van der Waals surface area (Å²) >= 11 is 3.92. The molecule has 0 aromatic heterocycles. The molecule has 15 aromatic carbocycles. The normalized spacial score (nSPS) is 16.4. The van der Waals surface area contributed by atoms with Gasteiger partial charge in [0.25, 0.3) is 0 Å². The maximum Gasteiger partial charge on any atom is 0.0782 e. The van der Waals surface area contributed by atoms with Gasteiger partial charge in [0.2, 0.25) is 0 Å². The summed E-state index contributed by atoms with van der Waals surface area (Å²) in [6, 6.07) is 105. The van der Waals surface area contributed by atoms with Crippen LogP contribution >= 0.6 is 15.9 Å². The minimum absolute atomic E-state index is 0.0563. The van der Waals surface area contributed by atoms with Crippen LogP contribution in [0.5, 0.6) is 0 Å². The molecule has 15 aromatic rings. The Bertz CT molecular complexity index is 6040. The quantitative estimate of drug-likeness (QED) is 0.114. The lowest BCUT2D eigenvalue weighted by Gasteiger charge is -2.41. The zero-order chi connectivity index (χ0) is 64.3. The zero-order valence-electron chi connectivity index (χ0n) is 53.5. The van der Waals surface area contributed by atoms with Gasteiger partial charge in [-0.05, 0) is 224 Å². The Morgan fingerprint density at radius 1 is 0.327 bits per heavy atom. The summed E-state index contributed by atoms with van der Waals surface area (Å²) < 4.78 is 0. The van der Waals surface area contributed by atoms with Gasteiger partial charge in [-0.1, -0.05) is 325 Å². The number of halogens is 1. The van der Waals surface area contributed by atoms with Crippen molar-refractivity contribution in [2.75, 3.05) is 4.90 Å². The van der Waals surface area contributed by atoms with E-state index in [0.717, 1.165) is 6.42 Å². The first-order valence-corrected chi connectivity index (χ1v) is 35.3. The van der Waals surface area contributed by atoms with E-state index in [9.17, 15) is 0 Å². The lowest BCUT2D eigenvalue weighted by molar-refractivity contribution is 0.844. The van der Waals surface area contributed by atoms with Gasteiger partial charge in [-0.2, -0.15) is 0 Å². The second-order valence-electron chi connectivity index (χ2n) is 27.0. The molecule has 0 saturated heterocycles. The molecule has 2 heteroatoms. The van der Waals surface area contributed by atoms with Crippen molar-refractivity contribution in [2.24, 2.45) is 0 Å². The minimum Gasteiger partial charge on any atom is -0.330 e. The van der Waals surface area contributed by atoms with Gasteiger partial charge in [0.15, 0.2) is 0 Å². The highest BCUT2D eigenvalue weighted by atomic mass is 79.9. The van der Waals surface area contributed by atoms with Gasteiger partial charge in [0.05, 0.1) is 10.9 Å². The molecule has 1 nitrogen and oxygen atoms in total. The molecular weight excluding hydrogens is 1250 g/mol. The SMILES string of the molecule is BrC1C=Cc2c3c4c5c(ccc4c4cccc1c24)-c1c(c(-c2ccccc2)c2ccccc2c1-c1ccccc1)C5=CC3.C1=CC2C3=C(C=CC(N(c4ccccc4)c4ccccc4)C3=C1)c1ccc3c4c(ccc2c14)-c1c-3c(-c2ccccc2)c2ccccc2c1-c1ccccc1. The Labute approximate surface area is 578 Å². The van der Waals surface area contributed by atoms with Gasteiger partial charge < -0.3 is 4.90 Å². The van der Waals surface area contributed by atoms with E-state index in [-0.39, 0.29) is 16.8 Å². The van der Waals surface area contributed by atoms with Crippen molar-refractivity contribution >= 4 is 98.4 Å². The molecule has 0 heterocycles. The van der Waals surface area contributed by atoms with Crippen molar-refractivity contribution in [3.05, 3.63) is 378 Å². The van der Waals surface area contributed by atoms with Gasteiger partial charge in [-0.25, -0.2) is 0 Å². The van der Waals surface area contributed by atoms with Crippen LogP contribution in [0.1, 0.15) is 49.7 Å². The van der Waals surface area contributed by atoms with Gasteiger partial charge in [0, 0.05) is 17.3 Å². The molecule has 0 radical (unpaired) electrons. The van der Waals surface area contributed by atoms with Crippen molar-refractivity contribution in [2.45, 2.75) is 23.2 Å². The van der Waals surface area contributed by atoms with Crippen LogP contribution in [-0.2, 0) is 6.42 Å². The van der Waals surface area contributed by atoms with Crippen LogP contribution in [0.4, 0.5) is 11.4 Å². The molecule has 98 heavy (non-hydrogen) atoms. The van der Waals surface area contributed by atoms with Crippen LogP contribution in [0.15, 0.2) is 339 Å². The molecule has 7 aliphatic rings. The summed E-state index contributed by atoms with van der Waals surface area (Å²) in [7, 11) is 0. The van der Waals surface area contributed by atoms with Crippen LogP contribution in [0.2, 0.25) is 0 Å². The van der Waals surface area contributed by atoms with Crippen LogP contribution in [-0.4, -0.2) is 6.04 Å². The third kappa shape index (κ3) is 7.89. The Morgan fingerprint density at radius 2 is 0.796 bits per heavy atom. The van der Waals surface area contributed by atoms with E-state index < -0.39 is 0 Å². The van der Waals surface area contributed by atoms with Crippen molar-refractivity contribution in [3.63, 3.8) is 0 Å². The highest BCUT2D eigenvalue weighted by Gasteiger charge is 2.41. The Balaban J connectivity index is 0.000000133. The number of allylic oxidation sites excluding steroid dienone is 7. The molecule has 0 saturated carbocycles. The standard InChI is InChI=1S/C54H35N.C42H25Br/c1-5-16-34(17-6-1)48-38-24-13-14-25-39(38)49(35-18-7-2-8-19-35)54-46-31-29-43-41-32-33-47(55(36-20-9-3-10-21-36)37-22-11-4-12-23-37)44-27-15-26-40(50(41)44)42-28-30-45(53(48)54)52(46)51(42)43;43-35-23-22-29-31-19-21-34-40-33(20-18-30(39(31)40)28-16-9-17-32(35)38(28)29)41-36(24-10-3-1-4-11-24)26-14-7-8-15-27(26)37(42(34)41)25-12-5-2-6-13-25/h1-33,40,47H;1-18,20-23,35H,19H2. The van der Waals surface area contributed by atoms with Crippen molar-refractivity contribution in [3.8, 4) is 77.9 Å². The van der Waals surface area contributed by atoms with Crippen molar-refractivity contribution in [1.29, 1.82) is 0 Å².